The summed E-state index contributed by atoms with van der Waals surface area (Å²) >= 11 is 0. The molecule has 0 aromatic rings. The Morgan fingerprint density at radius 1 is 1.14 bits per heavy atom. The van der Waals surface area contributed by atoms with E-state index in [9.17, 15) is 0 Å². The van der Waals surface area contributed by atoms with Crippen LogP contribution in [0.25, 0.3) is 0 Å². The van der Waals surface area contributed by atoms with Gasteiger partial charge in [-0.15, -0.1) is 0 Å². The second-order valence-electron chi connectivity index (χ2n) is 5.65. The van der Waals surface area contributed by atoms with Crippen LogP contribution >= 0.6 is 0 Å². The molecule has 1 aliphatic carbocycles. The highest BCUT2D eigenvalue weighted by Gasteiger charge is 2.36. The SMILES string of the molecule is CCC(C)CCCCC(C)C1CC1C. The van der Waals surface area contributed by atoms with Crippen LogP contribution in [-0.4, -0.2) is 0 Å². The molecule has 0 N–H and O–H groups in total. The molecule has 1 aliphatic rings. The molecule has 0 radical (unpaired) electrons. The van der Waals surface area contributed by atoms with E-state index < -0.39 is 0 Å². The normalized spacial score (nSPS) is 30.0. The molecule has 0 bridgehead atoms. The van der Waals surface area contributed by atoms with Crippen molar-refractivity contribution >= 4 is 0 Å². The first-order valence-electron chi connectivity index (χ1n) is 6.65. The Hall–Kier alpha value is 0. The van der Waals surface area contributed by atoms with Crippen molar-refractivity contribution in [2.45, 2.75) is 66.2 Å². The van der Waals surface area contributed by atoms with E-state index in [2.05, 4.69) is 27.7 Å². The number of hydrogen-bond donors (Lipinski definition) is 0. The molecule has 84 valence electrons. The third-order valence-corrected chi connectivity index (χ3v) is 4.21. The van der Waals surface area contributed by atoms with Gasteiger partial charge in [-0.25, -0.2) is 0 Å². The van der Waals surface area contributed by atoms with E-state index in [0.717, 1.165) is 23.7 Å². The van der Waals surface area contributed by atoms with Crippen LogP contribution in [0.3, 0.4) is 0 Å². The summed E-state index contributed by atoms with van der Waals surface area (Å²) < 4.78 is 0. The molecule has 0 heteroatoms. The molecule has 4 unspecified atom stereocenters. The van der Waals surface area contributed by atoms with Gasteiger partial charge in [0.2, 0.25) is 0 Å². The maximum atomic E-state index is 2.46. The smallest absolute Gasteiger partial charge is 0.0360 e. The van der Waals surface area contributed by atoms with Crippen molar-refractivity contribution in [3.63, 3.8) is 0 Å². The second kappa shape index (κ2) is 5.78. The van der Waals surface area contributed by atoms with E-state index in [1.54, 1.807) is 0 Å². The summed E-state index contributed by atoms with van der Waals surface area (Å²) in [6, 6.07) is 0. The largest absolute Gasteiger partial charge is 0.0651 e. The molecule has 0 nitrogen and oxygen atoms in total. The lowest BCUT2D eigenvalue weighted by Crippen LogP contribution is -1.99. The van der Waals surface area contributed by atoms with Crippen LogP contribution in [0.15, 0.2) is 0 Å². The third-order valence-electron chi connectivity index (χ3n) is 4.21. The van der Waals surface area contributed by atoms with Crippen molar-refractivity contribution in [1.82, 2.24) is 0 Å². The van der Waals surface area contributed by atoms with Gasteiger partial charge in [0.15, 0.2) is 0 Å². The van der Waals surface area contributed by atoms with Crippen LogP contribution in [0, 0.1) is 23.7 Å². The summed E-state index contributed by atoms with van der Waals surface area (Å²) in [7, 11) is 0. The van der Waals surface area contributed by atoms with E-state index in [0.29, 0.717) is 0 Å². The Bertz CT molecular complexity index is 150. The lowest BCUT2D eigenvalue weighted by molar-refractivity contribution is 0.405. The molecule has 0 heterocycles. The predicted molar refractivity (Wildman–Crippen MR) is 64.4 cm³/mol. The fourth-order valence-corrected chi connectivity index (χ4v) is 2.52. The molecule has 0 spiro atoms. The molecule has 1 saturated carbocycles. The Labute approximate surface area is 90.5 Å². The highest BCUT2D eigenvalue weighted by Crippen LogP contribution is 2.45. The van der Waals surface area contributed by atoms with E-state index in [1.165, 1.54) is 38.5 Å². The zero-order valence-electron chi connectivity index (χ0n) is 10.6. The Kier molecular flexibility index (Phi) is 4.98. The monoisotopic (exact) mass is 196 g/mol. The van der Waals surface area contributed by atoms with Gasteiger partial charge in [-0.1, -0.05) is 59.8 Å². The van der Waals surface area contributed by atoms with Crippen LogP contribution in [0.4, 0.5) is 0 Å². The standard InChI is InChI=1S/C14H28/c1-5-11(2)8-6-7-9-12(3)14-10-13(14)4/h11-14H,5-10H2,1-4H3. The molecule has 0 amide bonds. The molecular weight excluding hydrogens is 168 g/mol. The molecule has 0 aromatic carbocycles. The van der Waals surface area contributed by atoms with Gasteiger partial charge in [-0.05, 0) is 30.1 Å². The van der Waals surface area contributed by atoms with Crippen LogP contribution in [0.2, 0.25) is 0 Å². The first kappa shape index (κ1) is 12.1. The Morgan fingerprint density at radius 3 is 2.21 bits per heavy atom. The summed E-state index contributed by atoms with van der Waals surface area (Å²) in [6.07, 6.45) is 8.71. The minimum absolute atomic E-state index is 0.949. The quantitative estimate of drug-likeness (QED) is 0.509. The van der Waals surface area contributed by atoms with Crippen LogP contribution < -0.4 is 0 Å². The van der Waals surface area contributed by atoms with Gasteiger partial charge in [0.05, 0.1) is 0 Å². The van der Waals surface area contributed by atoms with E-state index >= 15 is 0 Å². The number of unbranched alkanes of at least 4 members (excludes halogenated alkanes) is 1. The maximum Gasteiger partial charge on any atom is -0.0360 e. The van der Waals surface area contributed by atoms with Crippen LogP contribution in [0.1, 0.15) is 66.2 Å². The number of hydrogen-bond acceptors (Lipinski definition) is 0. The summed E-state index contributed by atoms with van der Waals surface area (Å²) in [5, 5.41) is 0. The molecule has 4 atom stereocenters. The van der Waals surface area contributed by atoms with Crippen molar-refractivity contribution in [2.24, 2.45) is 23.7 Å². The average Bonchev–Trinajstić information content (AvgIpc) is 2.89. The van der Waals surface area contributed by atoms with Crippen molar-refractivity contribution in [1.29, 1.82) is 0 Å². The van der Waals surface area contributed by atoms with Gasteiger partial charge in [0.25, 0.3) is 0 Å². The first-order valence-corrected chi connectivity index (χ1v) is 6.65. The summed E-state index contributed by atoms with van der Waals surface area (Å²) in [5.41, 5.74) is 0. The minimum atomic E-state index is 0.949. The van der Waals surface area contributed by atoms with Gasteiger partial charge in [0, 0.05) is 0 Å². The van der Waals surface area contributed by atoms with Crippen LogP contribution in [0.5, 0.6) is 0 Å². The highest BCUT2D eigenvalue weighted by atomic mass is 14.4. The lowest BCUT2D eigenvalue weighted by Gasteiger charge is -2.11. The van der Waals surface area contributed by atoms with Crippen molar-refractivity contribution in [2.75, 3.05) is 0 Å². The second-order valence-corrected chi connectivity index (χ2v) is 5.65. The van der Waals surface area contributed by atoms with Crippen molar-refractivity contribution in [3.8, 4) is 0 Å². The molecular formula is C14H28. The Balaban J connectivity index is 1.93. The van der Waals surface area contributed by atoms with Gasteiger partial charge < -0.3 is 0 Å². The number of rotatable bonds is 7. The predicted octanol–water partition coefficient (Wildman–Crippen LogP) is 4.89. The Morgan fingerprint density at radius 2 is 1.71 bits per heavy atom. The molecule has 1 fully saturated rings. The van der Waals surface area contributed by atoms with Crippen LogP contribution in [-0.2, 0) is 0 Å². The maximum absolute atomic E-state index is 2.46. The van der Waals surface area contributed by atoms with Gasteiger partial charge in [0.1, 0.15) is 0 Å². The molecule has 0 saturated heterocycles. The minimum Gasteiger partial charge on any atom is -0.0651 e. The van der Waals surface area contributed by atoms with E-state index in [1.807, 2.05) is 0 Å². The lowest BCUT2D eigenvalue weighted by atomic mass is 9.94. The van der Waals surface area contributed by atoms with Gasteiger partial charge in [-0.3, -0.25) is 0 Å². The summed E-state index contributed by atoms with van der Waals surface area (Å²) in [4.78, 5) is 0. The molecule has 1 rings (SSSR count). The summed E-state index contributed by atoms with van der Waals surface area (Å²) in [5.74, 6) is 4.07. The highest BCUT2D eigenvalue weighted by molar-refractivity contribution is 4.86. The van der Waals surface area contributed by atoms with E-state index in [4.69, 9.17) is 0 Å². The van der Waals surface area contributed by atoms with Crippen molar-refractivity contribution in [3.05, 3.63) is 0 Å². The molecule has 0 aliphatic heterocycles. The zero-order valence-corrected chi connectivity index (χ0v) is 10.6. The van der Waals surface area contributed by atoms with Crippen molar-refractivity contribution < 1.29 is 0 Å². The zero-order chi connectivity index (χ0) is 10.6. The fourth-order valence-electron chi connectivity index (χ4n) is 2.52. The summed E-state index contributed by atoms with van der Waals surface area (Å²) in [6.45, 7) is 9.54. The topological polar surface area (TPSA) is 0 Å². The fraction of sp³-hybridized carbons (Fsp3) is 1.00. The van der Waals surface area contributed by atoms with Gasteiger partial charge >= 0.3 is 0 Å². The molecule has 14 heavy (non-hydrogen) atoms. The van der Waals surface area contributed by atoms with Gasteiger partial charge in [-0.2, -0.15) is 0 Å². The van der Waals surface area contributed by atoms with E-state index in [-0.39, 0.29) is 0 Å². The first-order chi connectivity index (χ1) is 6.65. The average molecular weight is 196 g/mol. The molecule has 0 aromatic heterocycles. The third kappa shape index (κ3) is 4.02.